The molecule has 1 unspecified atom stereocenters. The number of ether oxygens (including phenoxy) is 1. The first-order chi connectivity index (χ1) is 7.63. The summed E-state index contributed by atoms with van der Waals surface area (Å²) in [5.74, 6) is -0.121. The molecule has 1 rings (SSSR count). The zero-order valence-electron chi connectivity index (χ0n) is 10.8. The Bertz CT molecular complexity index is 431. The second kappa shape index (κ2) is 4.80. The number of esters is 1. The minimum absolute atomic E-state index is 0.178. The van der Waals surface area contributed by atoms with E-state index in [2.05, 4.69) is 0 Å². The Morgan fingerprint density at radius 3 is 2.41 bits per heavy atom. The van der Waals surface area contributed by atoms with E-state index in [9.17, 15) is 13.2 Å². The van der Waals surface area contributed by atoms with Crippen molar-refractivity contribution in [2.75, 3.05) is 6.26 Å². The van der Waals surface area contributed by atoms with Crippen LogP contribution in [0.3, 0.4) is 0 Å². The normalized spacial score (nSPS) is 21.9. The summed E-state index contributed by atoms with van der Waals surface area (Å²) in [7, 11) is -3.06. The third-order valence-electron chi connectivity index (χ3n) is 3.24. The third kappa shape index (κ3) is 3.84. The highest BCUT2D eigenvalue weighted by Gasteiger charge is 2.34. The number of rotatable bonds is 3. The van der Waals surface area contributed by atoms with Crippen molar-refractivity contribution in [1.29, 1.82) is 0 Å². The summed E-state index contributed by atoms with van der Waals surface area (Å²) in [4.78, 5) is 11.5. The Hall–Kier alpha value is -0.840. The van der Waals surface area contributed by atoms with Gasteiger partial charge in [-0.2, -0.15) is 0 Å². The SMILES string of the molecule is CC(=O)OC(C)(C)C1CC=C(S(C)(=O)=O)CC1. The molecule has 17 heavy (non-hydrogen) atoms. The molecule has 0 amide bonds. The van der Waals surface area contributed by atoms with E-state index < -0.39 is 15.4 Å². The minimum atomic E-state index is -3.06. The Kier molecular flexibility index (Phi) is 4.02. The zero-order valence-corrected chi connectivity index (χ0v) is 11.6. The maximum atomic E-state index is 11.4. The predicted octanol–water partition coefficient (Wildman–Crippen LogP) is 2.06. The van der Waals surface area contributed by atoms with E-state index in [4.69, 9.17) is 4.74 Å². The van der Waals surface area contributed by atoms with Crippen LogP contribution in [0, 0.1) is 5.92 Å². The van der Waals surface area contributed by atoms with E-state index >= 15 is 0 Å². The molecule has 0 heterocycles. The number of sulfone groups is 1. The molecule has 5 heteroatoms. The summed E-state index contributed by atoms with van der Waals surface area (Å²) in [6.07, 6.45) is 4.90. The molecule has 0 aromatic carbocycles. The summed E-state index contributed by atoms with van der Waals surface area (Å²) >= 11 is 0. The molecule has 1 aliphatic carbocycles. The van der Waals surface area contributed by atoms with E-state index in [0.29, 0.717) is 17.7 Å². The highest BCUT2D eigenvalue weighted by atomic mass is 32.2. The first-order valence-electron chi connectivity index (χ1n) is 5.71. The largest absolute Gasteiger partial charge is 0.460 e. The molecule has 0 fully saturated rings. The standard InChI is InChI=1S/C12H20O4S/c1-9(13)16-12(2,3)10-5-7-11(8-6-10)17(4,14)15/h7,10H,5-6,8H2,1-4H3. The average molecular weight is 260 g/mol. The fraction of sp³-hybridized carbons (Fsp3) is 0.750. The van der Waals surface area contributed by atoms with Gasteiger partial charge in [-0.25, -0.2) is 8.42 Å². The van der Waals surface area contributed by atoms with E-state index in [1.165, 1.54) is 13.2 Å². The van der Waals surface area contributed by atoms with Crippen molar-refractivity contribution in [2.45, 2.75) is 45.6 Å². The van der Waals surface area contributed by atoms with Crippen molar-refractivity contribution in [3.63, 3.8) is 0 Å². The highest BCUT2D eigenvalue weighted by Crippen LogP contribution is 2.35. The van der Waals surface area contributed by atoms with Gasteiger partial charge < -0.3 is 4.74 Å². The smallest absolute Gasteiger partial charge is 0.303 e. The fourth-order valence-corrected chi connectivity index (χ4v) is 3.12. The van der Waals surface area contributed by atoms with Gasteiger partial charge in [0.25, 0.3) is 0 Å². The molecule has 0 aromatic rings. The lowest BCUT2D eigenvalue weighted by Gasteiger charge is -2.35. The van der Waals surface area contributed by atoms with Crippen molar-refractivity contribution >= 4 is 15.8 Å². The van der Waals surface area contributed by atoms with Crippen LogP contribution >= 0.6 is 0 Å². The van der Waals surface area contributed by atoms with Crippen molar-refractivity contribution in [1.82, 2.24) is 0 Å². The van der Waals surface area contributed by atoms with Crippen LogP contribution in [0.5, 0.6) is 0 Å². The molecule has 0 aromatic heterocycles. The second-order valence-electron chi connectivity index (χ2n) is 5.11. The Labute approximate surface area is 103 Å². The lowest BCUT2D eigenvalue weighted by molar-refractivity contribution is -0.159. The van der Waals surface area contributed by atoms with Gasteiger partial charge in [-0.1, -0.05) is 6.08 Å². The first-order valence-corrected chi connectivity index (χ1v) is 7.61. The van der Waals surface area contributed by atoms with E-state index in [1.54, 1.807) is 6.08 Å². The van der Waals surface area contributed by atoms with Crippen LogP contribution in [-0.4, -0.2) is 26.2 Å². The van der Waals surface area contributed by atoms with Gasteiger partial charge in [-0.15, -0.1) is 0 Å². The molecule has 1 atom stereocenters. The average Bonchev–Trinajstić information content (AvgIpc) is 2.14. The molecule has 0 aliphatic heterocycles. The van der Waals surface area contributed by atoms with Gasteiger partial charge in [-0.3, -0.25) is 4.79 Å². The van der Waals surface area contributed by atoms with Crippen LogP contribution < -0.4 is 0 Å². The molecule has 0 saturated heterocycles. The van der Waals surface area contributed by atoms with Crippen LogP contribution in [-0.2, 0) is 19.4 Å². The quantitative estimate of drug-likeness (QED) is 0.729. The summed E-state index contributed by atoms with van der Waals surface area (Å²) in [5.41, 5.74) is -0.536. The van der Waals surface area contributed by atoms with Gasteiger partial charge in [0.05, 0.1) is 0 Å². The van der Waals surface area contributed by atoms with E-state index in [1.807, 2.05) is 13.8 Å². The van der Waals surface area contributed by atoms with Gasteiger partial charge in [0.1, 0.15) is 5.60 Å². The maximum absolute atomic E-state index is 11.4. The third-order valence-corrected chi connectivity index (χ3v) is 4.56. The maximum Gasteiger partial charge on any atom is 0.303 e. The van der Waals surface area contributed by atoms with E-state index in [-0.39, 0.29) is 11.9 Å². The second-order valence-corrected chi connectivity index (χ2v) is 7.18. The molecule has 0 N–H and O–H groups in total. The van der Waals surface area contributed by atoms with Crippen LogP contribution in [0.2, 0.25) is 0 Å². The lowest BCUT2D eigenvalue weighted by atomic mass is 9.81. The van der Waals surface area contributed by atoms with E-state index in [0.717, 1.165) is 6.42 Å². The monoisotopic (exact) mass is 260 g/mol. The Morgan fingerprint density at radius 2 is 2.06 bits per heavy atom. The van der Waals surface area contributed by atoms with Gasteiger partial charge in [0.2, 0.25) is 0 Å². The number of carbonyl (C=O) groups excluding carboxylic acids is 1. The van der Waals surface area contributed by atoms with Gasteiger partial charge in [0, 0.05) is 24.0 Å². The van der Waals surface area contributed by atoms with Gasteiger partial charge in [0.15, 0.2) is 9.84 Å². The van der Waals surface area contributed by atoms with Crippen LogP contribution in [0.4, 0.5) is 0 Å². The lowest BCUT2D eigenvalue weighted by Crippen LogP contribution is -2.37. The fourth-order valence-electron chi connectivity index (χ4n) is 2.23. The van der Waals surface area contributed by atoms with Crippen molar-refractivity contribution in [3.05, 3.63) is 11.0 Å². The van der Waals surface area contributed by atoms with Crippen molar-refractivity contribution in [3.8, 4) is 0 Å². The molecule has 0 spiro atoms. The molecule has 0 radical (unpaired) electrons. The van der Waals surface area contributed by atoms with Crippen LogP contribution in [0.25, 0.3) is 0 Å². The zero-order chi connectivity index (χ0) is 13.3. The molecular weight excluding hydrogens is 240 g/mol. The molecule has 0 bridgehead atoms. The topological polar surface area (TPSA) is 60.4 Å². The van der Waals surface area contributed by atoms with Crippen LogP contribution in [0.15, 0.2) is 11.0 Å². The predicted molar refractivity (Wildman–Crippen MR) is 66.1 cm³/mol. The number of carbonyl (C=O) groups is 1. The van der Waals surface area contributed by atoms with Gasteiger partial charge in [-0.05, 0) is 33.1 Å². The minimum Gasteiger partial charge on any atom is -0.460 e. The summed E-state index contributed by atoms with van der Waals surface area (Å²) in [6.45, 7) is 5.14. The molecule has 4 nitrogen and oxygen atoms in total. The number of hydrogen-bond donors (Lipinski definition) is 0. The van der Waals surface area contributed by atoms with Crippen molar-refractivity contribution in [2.24, 2.45) is 5.92 Å². The molecular formula is C12H20O4S. The summed E-state index contributed by atoms with van der Waals surface area (Å²) in [5, 5.41) is 0. The first kappa shape index (κ1) is 14.2. The summed E-state index contributed by atoms with van der Waals surface area (Å²) in [6, 6.07) is 0. The molecule has 98 valence electrons. The molecule has 0 saturated carbocycles. The number of allylic oxidation sites excluding steroid dienone is 2. The Morgan fingerprint density at radius 1 is 1.47 bits per heavy atom. The molecule has 1 aliphatic rings. The van der Waals surface area contributed by atoms with Gasteiger partial charge >= 0.3 is 5.97 Å². The van der Waals surface area contributed by atoms with Crippen molar-refractivity contribution < 1.29 is 17.9 Å². The van der Waals surface area contributed by atoms with Crippen LogP contribution in [0.1, 0.15) is 40.0 Å². The highest BCUT2D eigenvalue weighted by molar-refractivity contribution is 7.94. The Balaban J connectivity index is 2.75. The summed E-state index contributed by atoms with van der Waals surface area (Å²) < 4.78 is 28.0. The number of hydrogen-bond acceptors (Lipinski definition) is 4.